The smallest absolute Gasteiger partial charge is 0.268 e. The van der Waals surface area contributed by atoms with Crippen molar-refractivity contribution in [2.75, 3.05) is 0 Å². The van der Waals surface area contributed by atoms with E-state index in [1.165, 1.54) is 16.8 Å². The third kappa shape index (κ3) is 2.43. The Kier molecular flexibility index (Phi) is 3.36. The monoisotopic (exact) mass is 302 g/mol. The van der Waals surface area contributed by atoms with Gasteiger partial charge in [0.1, 0.15) is 11.5 Å². The van der Waals surface area contributed by atoms with Gasteiger partial charge < -0.3 is 10.3 Å². The van der Waals surface area contributed by atoms with Crippen LogP contribution < -0.4 is 5.32 Å². The minimum atomic E-state index is -0.350. The lowest BCUT2D eigenvalue weighted by Crippen LogP contribution is -2.28. The Labute approximate surface area is 125 Å². The molecular weight excluding hydrogens is 287 g/mol. The molecule has 0 aliphatic heterocycles. The molecule has 0 spiro atoms. The highest BCUT2D eigenvalue weighted by Crippen LogP contribution is 2.21. The largest absolute Gasteiger partial charge is 0.350 e. The topological polar surface area (TPSA) is 88.5 Å². The van der Waals surface area contributed by atoms with E-state index in [1.807, 2.05) is 0 Å². The Bertz CT molecular complexity index is 852. The normalized spacial score (nSPS) is 12.5. The molecule has 0 radical (unpaired) electrons. The molecule has 1 atom stereocenters. The van der Waals surface area contributed by atoms with Crippen LogP contribution in [0.15, 0.2) is 18.2 Å². The van der Waals surface area contributed by atoms with Crippen molar-refractivity contribution in [2.24, 2.45) is 7.05 Å². The molecule has 2 aromatic heterocycles. The number of rotatable bonds is 3. The van der Waals surface area contributed by atoms with Crippen LogP contribution in [0.3, 0.4) is 0 Å². The second kappa shape index (κ2) is 5.21. The molecular formula is C14H15FN6O. The molecule has 0 aliphatic rings. The predicted octanol–water partition coefficient (Wildman–Crippen LogP) is 1.63. The minimum absolute atomic E-state index is 0.300. The van der Waals surface area contributed by atoms with Gasteiger partial charge in [-0.05, 0) is 48.0 Å². The summed E-state index contributed by atoms with van der Waals surface area (Å²) in [5.74, 6) is -0.0875. The predicted molar refractivity (Wildman–Crippen MR) is 77.7 cm³/mol. The van der Waals surface area contributed by atoms with Crippen LogP contribution in [0.4, 0.5) is 4.39 Å². The van der Waals surface area contributed by atoms with Crippen molar-refractivity contribution in [1.82, 2.24) is 30.5 Å². The van der Waals surface area contributed by atoms with E-state index in [0.29, 0.717) is 17.0 Å². The maximum absolute atomic E-state index is 13.4. The molecule has 0 bridgehead atoms. The number of aryl methyl sites for hydroxylation is 2. The average molecular weight is 302 g/mol. The van der Waals surface area contributed by atoms with Crippen molar-refractivity contribution in [3.8, 4) is 0 Å². The highest BCUT2D eigenvalue weighted by Gasteiger charge is 2.18. The van der Waals surface area contributed by atoms with Crippen LogP contribution in [-0.4, -0.2) is 31.1 Å². The molecule has 22 heavy (non-hydrogen) atoms. The second-order valence-electron chi connectivity index (χ2n) is 5.22. The molecule has 2 heterocycles. The van der Waals surface area contributed by atoms with E-state index in [2.05, 4.69) is 25.8 Å². The lowest BCUT2D eigenvalue weighted by atomic mass is 10.1. The number of nitrogens with zero attached hydrogens (tertiary/aromatic N) is 4. The van der Waals surface area contributed by atoms with E-state index in [-0.39, 0.29) is 17.8 Å². The fourth-order valence-electron chi connectivity index (χ4n) is 2.44. The fraction of sp³-hybridized carbons (Fsp3) is 0.286. The fourth-order valence-corrected chi connectivity index (χ4v) is 2.44. The highest BCUT2D eigenvalue weighted by molar-refractivity contribution is 5.98. The van der Waals surface area contributed by atoms with Gasteiger partial charge in [0.25, 0.3) is 5.91 Å². The van der Waals surface area contributed by atoms with Gasteiger partial charge in [-0.1, -0.05) is 0 Å². The molecule has 8 heteroatoms. The number of carbonyl (C=O) groups excluding carboxylic acids is 1. The first-order valence-corrected chi connectivity index (χ1v) is 6.77. The Hall–Kier alpha value is -2.77. The first kappa shape index (κ1) is 14.2. The number of H-pyrrole nitrogens is 1. The molecule has 0 fully saturated rings. The van der Waals surface area contributed by atoms with Crippen LogP contribution in [0.2, 0.25) is 0 Å². The Balaban J connectivity index is 1.86. The summed E-state index contributed by atoms with van der Waals surface area (Å²) in [6, 6.07) is 4.17. The molecule has 0 unspecified atom stereocenters. The second-order valence-corrected chi connectivity index (χ2v) is 5.22. The van der Waals surface area contributed by atoms with E-state index in [1.54, 1.807) is 27.0 Å². The van der Waals surface area contributed by atoms with E-state index < -0.39 is 0 Å². The number of hydrogen-bond donors (Lipinski definition) is 2. The summed E-state index contributed by atoms with van der Waals surface area (Å²) >= 11 is 0. The molecule has 3 aromatic rings. The first-order chi connectivity index (χ1) is 10.5. The highest BCUT2D eigenvalue weighted by atomic mass is 19.1. The number of benzene rings is 1. The van der Waals surface area contributed by atoms with Gasteiger partial charge >= 0.3 is 0 Å². The van der Waals surface area contributed by atoms with Crippen molar-refractivity contribution in [3.05, 3.63) is 41.1 Å². The van der Waals surface area contributed by atoms with Crippen LogP contribution in [0, 0.1) is 12.7 Å². The van der Waals surface area contributed by atoms with Gasteiger partial charge in [-0.15, -0.1) is 5.10 Å². The van der Waals surface area contributed by atoms with Gasteiger partial charge in [0, 0.05) is 18.0 Å². The van der Waals surface area contributed by atoms with E-state index in [0.717, 1.165) is 10.9 Å². The quantitative estimate of drug-likeness (QED) is 0.769. The number of halogens is 1. The van der Waals surface area contributed by atoms with E-state index in [4.69, 9.17) is 0 Å². The molecule has 0 saturated carbocycles. The number of carbonyl (C=O) groups is 1. The summed E-state index contributed by atoms with van der Waals surface area (Å²) in [5.41, 5.74) is 1.73. The molecule has 0 aliphatic carbocycles. The first-order valence-electron chi connectivity index (χ1n) is 6.77. The molecule has 3 rings (SSSR count). The summed E-state index contributed by atoms with van der Waals surface area (Å²) in [6.45, 7) is 3.59. The lowest BCUT2D eigenvalue weighted by molar-refractivity contribution is 0.0933. The zero-order chi connectivity index (χ0) is 15.9. The number of nitrogens with one attached hydrogen (secondary N) is 2. The molecule has 0 saturated heterocycles. The van der Waals surface area contributed by atoms with Crippen LogP contribution >= 0.6 is 0 Å². The van der Waals surface area contributed by atoms with E-state index in [9.17, 15) is 9.18 Å². The maximum Gasteiger partial charge on any atom is 0.268 e. The Morgan fingerprint density at radius 1 is 1.41 bits per heavy atom. The van der Waals surface area contributed by atoms with Crippen molar-refractivity contribution >= 4 is 16.8 Å². The van der Waals surface area contributed by atoms with Crippen molar-refractivity contribution in [3.63, 3.8) is 0 Å². The lowest BCUT2D eigenvalue weighted by Gasteiger charge is -2.11. The molecule has 1 amide bonds. The summed E-state index contributed by atoms with van der Waals surface area (Å²) in [7, 11) is 1.70. The SMILES string of the molecule is Cc1cc(F)cc2[nH]c(C(=O)N[C@@H](C)c3nnnn3C)cc12. The van der Waals surface area contributed by atoms with Crippen LogP contribution in [0.1, 0.15) is 34.8 Å². The number of aromatic amines is 1. The summed E-state index contributed by atoms with van der Waals surface area (Å²) in [6.07, 6.45) is 0. The maximum atomic E-state index is 13.4. The van der Waals surface area contributed by atoms with Gasteiger partial charge in [-0.2, -0.15) is 0 Å². The molecule has 2 N–H and O–H groups in total. The van der Waals surface area contributed by atoms with Crippen molar-refractivity contribution in [2.45, 2.75) is 19.9 Å². The molecule has 7 nitrogen and oxygen atoms in total. The summed E-state index contributed by atoms with van der Waals surface area (Å²) in [4.78, 5) is 15.2. The van der Waals surface area contributed by atoms with Gasteiger partial charge in [0.15, 0.2) is 5.82 Å². The Morgan fingerprint density at radius 3 is 2.86 bits per heavy atom. The Morgan fingerprint density at radius 2 is 2.18 bits per heavy atom. The number of hydrogen-bond acceptors (Lipinski definition) is 4. The minimum Gasteiger partial charge on any atom is -0.350 e. The number of aromatic nitrogens is 5. The van der Waals surface area contributed by atoms with Gasteiger partial charge in [-0.3, -0.25) is 4.79 Å². The zero-order valence-electron chi connectivity index (χ0n) is 12.4. The molecule has 114 valence electrons. The number of amides is 1. The van der Waals surface area contributed by atoms with Gasteiger partial charge in [-0.25, -0.2) is 9.07 Å². The average Bonchev–Trinajstić information content (AvgIpc) is 3.04. The van der Waals surface area contributed by atoms with E-state index >= 15 is 0 Å². The number of fused-ring (bicyclic) bond motifs is 1. The van der Waals surface area contributed by atoms with Crippen molar-refractivity contribution < 1.29 is 9.18 Å². The summed E-state index contributed by atoms with van der Waals surface area (Å²) < 4.78 is 14.9. The zero-order valence-corrected chi connectivity index (χ0v) is 12.4. The van der Waals surface area contributed by atoms with Crippen molar-refractivity contribution in [1.29, 1.82) is 0 Å². The molecule has 1 aromatic carbocycles. The number of tetrazole rings is 1. The van der Waals surface area contributed by atoms with Gasteiger partial charge in [0.05, 0.1) is 6.04 Å². The van der Waals surface area contributed by atoms with Gasteiger partial charge in [0.2, 0.25) is 0 Å². The van der Waals surface area contributed by atoms with Crippen LogP contribution in [0.25, 0.3) is 10.9 Å². The third-order valence-electron chi connectivity index (χ3n) is 3.54. The third-order valence-corrected chi connectivity index (χ3v) is 3.54. The standard InChI is InChI=1S/C14H15FN6O/c1-7-4-9(15)5-11-10(7)6-12(17-11)14(22)16-8(2)13-18-19-20-21(13)3/h4-6,8,17H,1-3H3,(H,16,22)/t8-/m0/s1. The van der Waals surface area contributed by atoms with Crippen LogP contribution in [0.5, 0.6) is 0 Å². The summed E-state index contributed by atoms with van der Waals surface area (Å²) in [5, 5.41) is 14.8. The van der Waals surface area contributed by atoms with Crippen LogP contribution in [-0.2, 0) is 7.05 Å².